The highest BCUT2D eigenvalue weighted by atomic mass is 32.1. The molecule has 1 aromatic heterocycles. The number of rotatable bonds is 5. The zero-order valence-electron chi connectivity index (χ0n) is 12.4. The van der Waals surface area contributed by atoms with Crippen LogP contribution in [0.25, 0.3) is 0 Å². The van der Waals surface area contributed by atoms with Crippen LogP contribution in [0, 0.1) is 0 Å². The number of benzene rings is 1. The van der Waals surface area contributed by atoms with Crippen molar-refractivity contribution in [3.8, 4) is 0 Å². The Kier molecular flexibility index (Phi) is 5.87. The first kappa shape index (κ1) is 16.7. The Bertz CT molecular complexity index is 671. The van der Waals surface area contributed by atoms with Crippen LogP contribution in [0.1, 0.15) is 16.5 Å². The lowest BCUT2D eigenvalue weighted by molar-refractivity contribution is -0.155. The number of urea groups is 1. The van der Waals surface area contributed by atoms with Gasteiger partial charge in [-0.2, -0.15) is 0 Å². The minimum Gasteiger partial charge on any atom is -0.447 e. The molecule has 0 spiro atoms. The van der Waals surface area contributed by atoms with E-state index in [0.717, 1.165) is 4.88 Å². The van der Waals surface area contributed by atoms with Crippen molar-refractivity contribution in [3.63, 3.8) is 0 Å². The molecule has 2 aromatic rings. The third-order valence-electron chi connectivity index (χ3n) is 2.95. The van der Waals surface area contributed by atoms with Crippen LogP contribution in [0.2, 0.25) is 0 Å². The van der Waals surface area contributed by atoms with Crippen LogP contribution < -0.4 is 10.6 Å². The zero-order chi connectivity index (χ0) is 16.7. The minimum atomic E-state index is -1.18. The van der Waals surface area contributed by atoms with Gasteiger partial charge in [0.25, 0.3) is 5.91 Å². The first-order valence-corrected chi connectivity index (χ1v) is 7.77. The van der Waals surface area contributed by atoms with E-state index in [1.807, 2.05) is 17.5 Å². The number of hydrogen-bond donors (Lipinski definition) is 2. The normalized spacial score (nSPS) is 11.3. The molecule has 120 valence electrons. The van der Waals surface area contributed by atoms with Crippen molar-refractivity contribution in [3.05, 3.63) is 58.3 Å². The second-order valence-electron chi connectivity index (χ2n) is 4.61. The van der Waals surface area contributed by atoms with Crippen LogP contribution in [-0.2, 0) is 20.7 Å². The summed E-state index contributed by atoms with van der Waals surface area (Å²) >= 11 is 1.43. The zero-order valence-corrected chi connectivity index (χ0v) is 13.3. The van der Waals surface area contributed by atoms with E-state index < -0.39 is 24.0 Å². The molecule has 2 rings (SSSR count). The summed E-state index contributed by atoms with van der Waals surface area (Å²) in [5.41, 5.74) is 0.494. The molecular weight excluding hydrogens is 316 g/mol. The van der Waals surface area contributed by atoms with Gasteiger partial charge >= 0.3 is 12.0 Å². The Labute approximate surface area is 137 Å². The number of amides is 3. The summed E-state index contributed by atoms with van der Waals surface area (Å²) in [4.78, 5) is 36.4. The van der Waals surface area contributed by atoms with Crippen LogP contribution in [-0.4, -0.2) is 25.0 Å². The van der Waals surface area contributed by atoms with Gasteiger partial charge in [0.2, 0.25) is 6.10 Å². The summed E-state index contributed by atoms with van der Waals surface area (Å²) in [5.74, 6) is -1.23. The molecule has 0 unspecified atom stereocenters. The van der Waals surface area contributed by atoms with Gasteiger partial charge in [-0.05, 0) is 11.4 Å². The topological polar surface area (TPSA) is 84.5 Å². The molecule has 0 saturated carbocycles. The second kappa shape index (κ2) is 8.09. The number of hydrogen-bond acceptors (Lipinski definition) is 5. The van der Waals surface area contributed by atoms with Crippen molar-refractivity contribution in [2.75, 3.05) is 7.05 Å². The van der Waals surface area contributed by atoms with E-state index in [1.165, 1.54) is 18.4 Å². The van der Waals surface area contributed by atoms with Crippen LogP contribution in [0.15, 0.2) is 47.8 Å². The molecule has 0 bridgehead atoms. The highest BCUT2D eigenvalue weighted by Gasteiger charge is 2.26. The van der Waals surface area contributed by atoms with Crippen molar-refractivity contribution in [1.82, 2.24) is 10.6 Å². The Balaban J connectivity index is 2.11. The molecule has 0 radical (unpaired) electrons. The van der Waals surface area contributed by atoms with Crippen molar-refractivity contribution >= 4 is 29.2 Å². The Morgan fingerprint density at radius 1 is 1.13 bits per heavy atom. The number of nitrogens with one attached hydrogen (secondary N) is 2. The summed E-state index contributed by atoms with van der Waals surface area (Å²) in [6.07, 6.45) is -1.10. The van der Waals surface area contributed by atoms with Gasteiger partial charge in [-0.15, -0.1) is 11.3 Å². The lowest BCUT2D eigenvalue weighted by atomic mass is 10.1. The first-order chi connectivity index (χ1) is 11.1. The molecule has 1 aromatic carbocycles. The molecular formula is C16H16N2O4S. The van der Waals surface area contributed by atoms with Gasteiger partial charge in [-0.1, -0.05) is 36.4 Å². The predicted molar refractivity (Wildman–Crippen MR) is 85.9 cm³/mol. The number of esters is 1. The molecule has 0 aliphatic carbocycles. The molecule has 6 nitrogen and oxygen atoms in total. The molecule has 0 aliphatic rings. The van der Waals surface area contributed by atoms with Crippen LogP contribution >= 0.6 is 11.3 Å². The molecule has 23 heavy (non-hydrogen) atoms. The van der Waals surface area contributed by atoms with E-state index in [1.54, 1.807) is 30.3 Å². The number of thiophene rings is 1. The van der Waals surface area contributed by atoms with E-state index in [4.69, 9.17) is 4.74 Å². The molecule has 7 heteroatoms. The first-order valence-electron chi connectivity index (χ1n) is 6.89. The van der Waals surface area contributed by atoms with Gasteiger partial charge < -0.3 is 10.1 Å². The van der Waals surface area contributed by atoms with Gasteiger partial charge in [0.05, 0.1) is 6.42 Å². The fraction of sp³-hybridized carbons (Fsp3) is 0.188. The summed E-state index contributed by atoms with van der Waals surface area (Å²) < 4.78 is 5.29. The SMILES string of the molecule is CNC(=O)NC(=O)[C@@H](OC(=O)Cc1cccs1)c1ccccc1. The smallest absolute Gasteiger partial charge is 0.321 e. The largest absolute Gasteiger partial charge is 0.447 e. The Morgan fingerprint density at radius 3 is 2.48 bits per heavy atom. The average molecular weight is 332 g/mol. The average Bonchev–Trinajstić information content (AvgIpc) is 3.06. The number of imide groups is 1. The summed E-state index contributed by atoms with van der Waals surface area (Å²) in [5, 5.41) is 6.27. The van der Waals surface area contributed by atoms with Crippen LogP contribution in [0.4, 0.5) is 4.79 Å². The molecule has 2 N–H and O–H groups in total. The van der Waals surface area contributed by atoms with Crippen molar-refractivity contribution in [1.29, 1.82) is 0 Å². The van der Waals surface area contributed by atoms with Crippen molar-refractivity contribution in [2.45, 2.75) is 12.5 Å². The van der Waals surface area contributed by atoms with Gasteiger partial charge in [0.1, 0.15) is 0 Å². The van der Waals surface area contributed by atoms with Crippen LogP contribution in [0.5, 0.6) is 0 Å². The van der Waals surface area contributed by atoms with Gasteiger partial charge in [-0.3, -0.25) is 14.9 Å². The maximum Gasteiger partial charge on any atom is 0.321 e. The highest BCUT2D eigenvalue weighted by Crippen LogP contribution is 2.19. The summed E-state index contributed by atoms with van der Waals surface area (Å²) in [7, 11) is 1.39. The van der Waals surface area contributed by atoms with E-state index in [2.05, 4.69) is 10.6 Å². The molecule has 0 fully saturated rings. The van der Waals surface area contributed by atoms with Gasteiger partial charge in [-0.25, -0.2) is 4.79 Å². The fourth-order valence-electron chi connectivity index (χ4n) is 1.87. The molecule has 1 heterocycles. The second-order valence-corrected chi connectivity index (χ2v) is 5.64. The maximum atomic E-state index is 12.2. The van der Waals surface area contributed by atoms with E-state index >= 15 is 0 Å². The maximum absolute atomic E-state index is 12.2. The monoisotopic (exact) mass is 332 g/mol. The highest BCUT2D eigenvalue weighted by molar-refractivity contribution is 7.10. The molecule has 0 aliphatic heterocycles. The third kappa shape index (κ3) is 4.93. The summed E-state index contributed by atoms with van der Waals surface area (Å²) in [6, 6.07) is 11.5. The Hall–Kier alpha value is -2.67. The quantitative estimate of drug-likeness (QED) is 0.821. The van der Waals surface area contributed by atoms with Gasteiger partial charge in [0.15, 0.2) is 0 Å². The van der Waals surface area contributed by atoms with E-state index in [0.29, 0.717) is 5.56 Å². The fourth-order valence-corrected chi connectivity index (χ4v) is 2.56. The predicted octanol–water partition coefficient (Wildman–Crippen LogP) is 2.03. The summed E-state index contributed by atoms with van der Waals surface area (Å²) in [6.45, 7) is 0. The lowest BCUT2D eigenvalue weighted by Crippen LogP contribution is -2.41. The van der Waals surface area contributed by atoms with Crippen LogP contribution in [0.3, 0.4) is 0 Å². The van der Waals surface area contributed by atoms with E-state index in [9.17, 15) is 14.4 Å². The Morgan fingerprint density at radius 2 is 1.87 bits per heavy atom. The standard InChI is InChI=1S/C16H16N2O4S/c1-17-16(21)18-15(20)14(11-6-3-2-4-7-11)22-13(19)10-12-8-5-9-23-12/h2-9,14H,10H2,1H3,(H2,17,18,20,21)/t14-/m0/s1. The third-order valence-corrected chi connectivity index (χ3v) is 3.83. The van der Waals surface area contributed by atoms with Crippen molar-refractivity contribution in [2.24, 2.45) is 0 Å². The molecule has 3 amide bonds. The van der Waals surface area contributed by atoms with Gasteiger partial charge in [0, 0.05) is 17.5 Å². The number of carbonyl (C=O) groups excluding carboxylic acids is 3. The number of ether oxygens (including phenoxy) is 1. The lowest BCUT2D eigenvalue weighted by Gasteiger charge is -2.17. The van der Waals surface area contributed by atoms with E-state index in [-0.39, 0.29) is 6.42 Å². The van der Waals surface area contributed by atoms with Crippen molar-refractivity contribution < 1.29 is 19.1 Å². The molecule has 1 atom stereocenters. The molecule has 0 saturated heterocycles. The minimum absolute atomic E-state index is 0.0776. The number of carbonyl (C=O) groups is 3.